The molecule has 0 aromatic heterocycles. The van der Waals surface area contributed by atoms with Crippen molar-refractivity contribution in [2.45, 2.75) is 49.9 Å². The zero-order valence-corrected chi connectivity index (χ0v) is 22.8. The summed E-state index contributed by atoms with van der Waals surface area (Å²) in [6.45, 7) is 0.288. The molecule has 4 unspecified atom stereocenters. The van der Waals surface area contributed by atoms with Gasteiger partial charge in [-0.1, -0.05) is 12.1 Å². The summed E-state index contributed by atoms with van der Waals surface area (Å²) in [4.78, 5) is 54.0. The molecule has 38 heavy (non-hydrogen) atoms. The number of hydrogen-bond acceptors (Lipinski definition) is 9. The standard InChI is InChI=1S/C23H37N7O6S2/c1-38-10-8-16(20(33)30-18(12-37)22(35)36)28-21(34)17(11-13-4-6-14(31)7-5-13)29-19(32)15(24)3-2-9-27-23(25)26/h4-7,15-18,31,37H,2-3,8-12,24H2,1H3,(H,28,34)(H,29,32)(H,30,33)(H,35,36)(H4,25,26,27). The number of thioether (sulfide) groups is 1. The molecule has 0 fully saturated rings. The van der Waals surface area contributed by atoms with E-state index in [4.69, 9.17) is 17.2 Å². The maximum atomic E-state index is 13.3. The van der Waals surface area contributed by atoms with E-state index >= 15 is 0 Å². The summed E-state index contributed by atoms with van der Waals surface area (Å²) in [7, 11) is 0. The third-order valence-corrected chi connectivity index (χ3v) is 6.36. The maximum Gasteiger partial charge on any atom is 0.327 e. The molecule has 0 saturated carbocycles. The highest BCUT2D eigenvalue weighted by Crippen LogP contribution is 2.12. The summed E-state index contributed by atoms with van der Waals surface area (Å²) < 4.78 is 0. The molecule has 0 aliphatic rings. The minimum atomic E-state index is -1.26. The minimum absolute atomic E-state index is 0.0348. The molecule has 1 aromatic carbocycles. The largest absolute Gasteiger partial charge is 0.508 e. The molecule has 212 valence electrons. The lowest BCUT2D eigenvalue weighted by molar-refractivity contribution is -0.141. The van der Waals surface area contributed by atoms with Crippen LogP contribution < -0.4 is 33.2 Å². The summed E-state index contributed by atoms with van der Waals surface area (Å²) in [6.07, 6.45) is 2.79. The molecule has 13 nitrogen and oxygen atoms in total. The van der Waals surface area contributed by atoms with Gasteiger partial charge < -0.3 is 43.4 Å². The van der Waals surface area contributed by atoms with Crippen LogP contribution in [0.3, 0.4) is 0 Å². The lowest BCUT2D eigenvalue weighted by atomic mass is 10.0. The number of carbonyl (C=O) groups excluding carboxylic acids is 3. The Hall–Kier alpha value is -3.17. The number of amides is 3. The number of aliphatic carboxylic acids is 1. The Morgan fingerprint density at radius 3 is 2.11 bits per heavy atom. The van der Waals surface area contributed by atoms with Gasteiger partial charge in [-0.25, -0.2) is 4.79 Å². The SMILES string of the molecule is CSCCC(NC(=O)C(Cc1ccc(O)cc1)NC(=O)C(N)CCCN=C(N)N)C(=O)NC(CS)C(=O)O. The molecule has 1 rings (SSSR count). The van der Waals surface area contributed by atoms with Crippen molar-refractivity contribution >= 4 is 54.0 Å². The molecule has 0 saturated heterocycles. The number of guanidine groups is 1. The smallest absolute Gasteiger partial charge is 0.327 e. The Morgan fingerprint density at radius 2 is 1.55 bits per heavy atom. The molecule has 4 atom stereocenters. The highest BCUT2D eigenvalue weighted by Gasteiger charge is 2.30. The Kier molecular flexibility index (Phi) is 15.0. The van der Waals surface area contributed by atoms with Gasteiger partial charge in [0, 0.05) is 18.7 Å². The van der Waals surface area contributed by atoms with E-state index in [1.807, 2.05) is 6.26 Å². The lowest BCUT2D eigenvalue weighted by Gasteiger charge is -2.25. The highest BCUT2D eigenvalue weighted by molar-refractivity contribution is 7.98. The van der Waals surface area contributed by atoms with Crippen LogP contribution in [-0.4, -0.2) is 88.3 Å². The number of phenols is 1. The molecular weight excluding hydrogens is 534 g/mol. The van der Waals surface area contributed by atoms with Crippen molar-refractivity contribution in [2.24, 2.45) is 22.2 Å². The maximum absolute atomic E-state index is 13.3. The first kappa shape index (κ1) is 32.9. The summed E-state index contributed by atoms with van der Waals surface area (Å²) in [5.74, 6) is -2.84. The van der Waals surface area contributed by atoms with Crippen LogP contribution in [-0.2, 0) is 25.6 Å². The Labute approximate surface area is 231 Å². The summed E-state index contributed by atoms with van der Waals surface area (Å²) in [6, 6.07) is 1.74. The van der Waals surface area contributed by atoms with Gasteiger partial charge >= 0.3 is 5.97 Å². The van der Waals surface area contributed by atoms with E-state index in [2.05, 4.69) is 33.6 Å². The zero-order valence-electron chi connectivity index (χ0n) is 21.1. The first-order valence-electron chi connectivity index (χ1n) is 11.8. The predicted molar refractivity (Wildman–Crippen MR) is 150 cm³/mol. The van der Waals surface area contributed by atoms with Crippen LogP contribution in [0.5, 0.6) is 5.75 Å². The number of carboxylic acids is 1. The van der Waals surface area contributed by atoms with Gasteiger partial charge in [0.25, 0.3) is 0 Å². The number of thiol groups is 1. The van der Waals surface area contributed by atoms with Gasteiger partial charge in [-0.3, -0.25) is 19.4 Å². The van der Waals surface area contributed by atoms with Gasteiger partial charge in [-0.2, -0.15) is 24.4 Å². The number of benzene rings is 1. The number of rotatable bonds is 17. The van der Waals surface area contributed by atoms with Gasteiger partial charge in [0.1, 0.15) is 23.9 Å². The van der Waals surface area contributed by atoms with Crippen LogP contribution in [0.15, 0.2) is 29.3 Å². The molecule has 0 radical (unpaired) electrons. The van der Waals surface area contributed by atoms with Gasteiger partial charge in [0.15, 0.2) is 5.96 Å². The van der Waals surface area contributed by atoms with Crippen molar-refractivity contribution in [3.05, 3.63) is 29.8 Å². The van der Waals surface area contributed by atoms with Crippen molar-refractivity contribution in [3.63, 3.8) is 0 Å². The van der Waals surface area contributed by atoms with Crippen molar-refractivity contribution in [1.82, 2.24) is 16.0 Å². The number of nitrogens with zero attached hydrogens (tertiary/aromatic N) is 1. The quantitative estimate of drug-likeness (QED) is 0.0456. The number of nitrogens with one attached hydrogen (secondary N) is 3. The Morgan fingerprint density at radius 1 is 0.974 bits per heavy atom. The second kappa shape index (κ2) is 17.4. The first-order chi connectivity index (χ1) is 18.0. The summed E-state index contributed by atoms with van der Waals surface area (Å²) in [5, 5.41) is 26.4. The van der Waals surface area contributed by atoms with Crippen LogP contribution in [0, 0.1) is 0 Å². The van der Waals surface area contributed by atoms with Gasteiger partial charge in [0.2, 0.25) is 17.7 Å². The third kappa shape index (κ3) is 12.4. The molecule has 0 aliphatic heterocycles. The van der Waals surface area contributed by atoms with E-state index in [1.54, 1.807) is 12.1 Å². The fourth-order valence-corrected chi connectivity index (χ4v) is 3.96. The molecule has 11 N–H and O–H groups in total. The molecule has 0 heterocycles. The van der Waals surface area contributed by atoms with E-state index in [9.17, 15) is 29.4 Å². The second-order valence-electron chi connectivity index (χ2n) is 8.41. The van der Waals surface area contributed by atoms with Gasteiger partial charge in [0.05, 0.1) is 6.04 Å². The monoisotopic (exact) mass is 571 g/mol. The second-order valence-corrected chi connectivity index (χ2v) is 9.76. The summed E-state index contributed by atoms with van der Waals surface area (Å²) in [5.41, 5.74) is 17.2. The third-order valence-electron chi connectivity index (χ3n) is 5.35. The average molecular weight is 572 g/mol. The fraction of sp³-hybridized carbons (Fsp3) is 0.522. The number of aliphatic imine (C=N–C) groups is 1. The lowest BCUT2D eigenvalue weighted by Crippen LogP contribution is -2.58. The molecule has 0 aliphatic carbocycles. The van der Waals surface area contributed by atoms with Gasteiger partial charge in [-0.05, 0) is 49.0 Å². The van der Waals surface area contributed by atoms with E-state index in [-0.39, 0.29) is 43.3 Å². The topological polar surface area (TPSA) is 235 Å². The van der Waals surface area contributed by atoms with Crippen molar-refractivity contribution in [2.75, 3.05) is 24.3 Å². The normalized spacial score (nSPS) is 13.9. The van der Waals surface area contributed by atoms with E-state index in [0.717, 1.165) is 0 Å². The molecule has 15 heteroatoms. The van der Waals surface area contributed by atoms with Gasteiger partial charge in [-0.15, -0.1) is 0 Å². The number of carbonyl (C=O) groups is 4. The summed E-state index contributed by atoms with van der Waals surface area (Å²) >= 11 is 5.39. The Bertz CT molecular complexity index is 960. The van der Waals surface area contributed by atoms with Crippen molar-refractivity contribution in [3.8, 4) is 5.75 Å². The van der Waals surface area contributed by atoms with Crippen LogP contribution in [0.25, 0.3) is 0 Å². The van der Waals surface area contributed by atoms with Crippen LogP contribution >= 0.6 is 24.4 Å². The van der Waals surface area contributed by atoms with Crippen molar-refractivity contribution in [1.29, 1.82) is 0 Å². The van der Waals surface area contributed by atoms with Crippen molar-refractivity contribution < 1.29 is 29.4 Å². The first-order valence-corrected chi connectivity index (χ1v) is 13.8. The zero-order chi connectivity index (χ0) is 28.7. The fourth-order valence-electron chi connectivity index (χ4n) is 3.24. The van der Waals surface area contributed by atoms with Crippen LogP contribution in [0.4, 0.5) is 0 Å². The number of hydrogen-bond donors (Lipinski definition) is 9. The van der Waals surface area contributed by atoms with Crippen LogP contribution in [0.1, 0.15) is 24.8 Å². The number of aromatic hydroxyl groups is 1. The predicted octanol–water partition coefficient (Wildman–Crippen LogP) is -1.46. The molecule has 1 aromatic rings. The molecule has 0 spiro atoms. The van der Waals surface area contributed by atoms with E-state index in [1.165, 1.54) is 23.9 Å². The Balaban J connectivity index is 3.04. The number of carboxylic acid groups (broad SMARTS) is 1. The number of nitrogens with two attached hydrogens (primary N) is 3. The van der Waals surface area contributed by atoms with Crippen LogP contribution in [0.2, 0.25) is 0 Å². The van der Waals surface area contributed by atoms with E-state index < -0.39 is 47.9 Å². The minimum Gasteiger partial charge on any atom is -0.508 e. The number of phenolic OH excluding ortho intramolecular Hbond substituents is 1. The molecular formula is C23H37N7O6S2. The molecule has 0 bridgehead atoms. The average Bonchev–Trinajstić information content (AvgIpc) is 2.87. The van der Waals surface area contributed by atoms with E-state index in [0.29, 0.717) is 17.7 Å². The highest BCUT2D eigenvalue weighted by atomic mass is 32.2. The molecule has 3 amide bonds.